The van der Waals surface area contributed by atoms with E-state index in [1.807, 2.05) is 35.7 Å². The Morgan fingerprint density at radius 3 is 2.71 bits per heavy atom. The highest BCUT2D eigenvalue weighted by Crippen LogP contribution is 2.23. The van der Waals surface area contributed by atoms with E-state index in [0.29, 0.717) is 0 Å². The number of amides is 1. The lowest BCUT2D eigenvalue weighted by Gasteiger charge is -2.19. The number of carbonyl (C=O) groups excluding carboxylic acids is 1. The standard InChI is InChI=1S/C14H17N3O2S.ClH/c1-19-9-11(15)13(18)17-12(14-16-7-8-20-14)10-5-3-2-4-6-10;/h2-8,11-12H,9,15H2,1H3,(H,17,18);1H. The first-order chi connectivity index (χ1) is 9.72. The lowest BCUT2D eigenvalue weighted by atomic mass is 10.1. The van der Waals surface area contributed by atoms with E-state index >= 15 is 0 Å². The van der Waals surface area contributed by atoms with E-state index in [4.69, 9.17) is 10.5 Å². The van der Waals surface area contributed by atoms with Crippen LogP contribution in [0.4, 0.5) is 0 Å². The molecule has 3 N–H and O–H groups in total. The molecule has 1 aromatic carbocycles. The monoisotopic (exact) mass is 327 g/mol. The van der Waals surface area contributed by atoms with Crippen LogP contribution in [0.1, 0.15) is 16.6 Å². The molecule has 7 heteroatoms. The third-order valence-corrected chi connectivity index (χ3v) is 3.64. The van der Waals surface area contributed by atoms with Gasteiger partial charge >= 0.3 is 0 Å². The van der Waals surface area contributed by atoms with E-state index in [0.717, 1.165) is 10.6 Å². The van der Waals surface area contributed by atoms with Crippen molar-refractivity contribution in [3.63, 3.8) is 0 Å². The summed E-state index contributed by atoms with van der Waals surface area (Å²) in [6.07, 6.45) is 1.72. The summed E-state index contributed by atoms with van der Waals surface area (Å²) in [6, 6.07) is 8.72. The molecule has 1 amide bonds. The smallest absolute Gasteiger partial charge is 0.240 e. The number of methoxy groups -OCH3 is 1. The van der Waals surface area contributed by atoms with Gasteiger partial charge in [0.15, 0.2) is 0 Å². The Morgan fingerprint density at radius 1 is 1.43 bits per heavy atom. The Balaban J connectivity index is 0.00000220. The molecule has 2 unspecified atom stereocenters. The molecule has 1 heterocycles. The lowest BCUT2D eigenvalue weighted by Crippen LogP contribution is -2.45. The van der Waals surface area contributed by atoms with Gasteiger partial charge in [-0.05, 0) is 5.56 Å². The fourth-order valence-electron chi connectivity index (χ4n) is 1.81. The Labute approximate surface area is 133 Å². The summed E-state index contributed by atoms with van der Waals surface area (Å²) in [4.78, 5) is 16.4. The normalized spacial score (nSPS) is 13.0. The summed E-state index contributed by atoms with van der Waals surface area (Å²) < 4.78 is 4.90. The van der Waals surface area contributed by atoms with Crippen LogP contribution in [-0.2, 0) is 9.53 Å². The zero-order chi connectivity index (χ0) is 14.4. The molecule has 0 fully saturated rings. The third-order valence-electron chi connectivity index (χ3n) is 2.80. The number of thiazole rings is 1. The number of ether oxygens (including phenoxy) is 1. The van der Waals surface area contributed by atoms with E-state index in [-0.39, 0.29) is 31.0 Å². The summed E-state index contributed by atoms with van der Waals surface area (Å²) >= 11 is 1.50. The van der Waals surface area contributed by atoms with Gasteiger partial charge in [0.05, 0.1) is 6.61 Å². The molecule has 0 aliphatic carbocycles. The maximum atomic E-state index is 12.1. The highest BCUT2D eigenvalue weighted by atomic mass is 35.5. The molecule has 0 radical (unpaired) electrons. The minimum Gasteiger partial charge on any atom is -0.383 e. The summed E-state index contributed by atoms with van der Waals surface area (Å²) in [5, 5.41) is 5.63. The quantitative estimate of drug-likeness (QED) is 0.847. The number of nitrogens with two attached hydrogens (primary N) is 1. The topological polar surface area (TPSA) is 77.2 Å². The van der Waals surface area contributed by atoms with Gasteiger partial charge in [-0.2, -0.15) is 0 Å². The zero-order valence-electron chi connectivity index (χ0n) is 11.6. The van der Waals surface area contributed by atoms with Crippen molar-refractivity contribution in [1.29, 1.82) is 0 Å². The second-order valence-electron chi connectivity index (χ2n) is 4.28. The summed E-state index contributed by atoms with van der Waals surface area (Å²) in [7, 11) is 1.52. The van der Waals surface area contributed by atoms with Crippen LogP contribution in [0, 0.1) is 0 Å². The first kappa shape index (κ1) is 17.6. The van der Waals surface area contributed by atoms with Crippen LogP contribution in [-0.4, -0.2) is 30.6 Å². The van der Waals surface area contributed by atoms with Crippen LogP contribution in [0.2, 0.25) is 0 Å². The van der Waals surface area contributed by atoms with Crippen molar-refractivity contribution in [3.05, 3.63) is 52.5 Å². The highest BCUT2D eigenvalue weighted by molar-refractivity contribution is 7.09. The number of benzene rings is 1. The molecule has 1 aromatic heterocycles. The van der Waals surface area contributed by atoms with E-state index in [1.165, 1.54) is 18.4 Å². The Hall–Kier alpha value is -1.47. The van der Waals surface area contributed by atoms with Gasteiger partial charge in [0.2, 0.25) is 5.91 Å². The van der Waals surface area contributed by atoms with E-state index in [2.05, 4.69) is 10.3 Å². The Bertz CT molecular complexity index is 536. The van der Waals surface area contributed by atoms with Crippen molar-refractivity contribution in [2.24, 2.45) is 5.73 Å². The predicted octanol–water partition coefficient (Wildman–Crippen LogP) is 1.74. The van der Waals surface area contributed by atoms with Crippen molar-refractivity contribution in [3.8, 4) is 0 Å². The summed E-state index contributed by atoms with van der Waals surface area (Å²) in [6.45, 7) is 0.186. The minimum atomic E-state index is -0.689. The van der Waals surface area contributed by atoms with Gasteiger partial charge in [-0.15, -0.1) is 23.7 Å². The van der Waals surface area contributed by atoms with Gasteiger partial charge in [0.1, 0.15) is 17.1 Å². The van der Waals surface area contributed by atoms with Crippen LogP contribution in [0.3, 0.4) is 0 Å². The largest absolute Gasteiger partial charge is 0.383 e. The number of rotatable bonds is 6. The molecule has 0 aliphatic rings. The Kier molecular flexibility index (Phi) is 7.31. The SMILES string of the molecule is COCC(N)C(=O)NC(c1ccccc1)c1nccs1.Cl. The molecule has 0 saturated carbocycles. The third kappa shape index (κ3) is 4.78. The minimum absolute atomic E-state index is 0. The van der Waals surface area contributed by atoms with Crippen molar-refractivity contribution < 1.29 is 9.53 Å². The molecule has 2 atom stereocenters. The molecule has 114 valence electrons. The fraction of sp³-hybridized carbons (Fsp3) is 0.286. The predicted molar refractivity (Wildman–Crippen MR) is 85.6 cm³/mol. The highest BCUT2D eigenvalue weighted by Gasteiger charge is 2.22. The maximum Gasteiger partial charge on any atom is 0.240 e. The first-order valence-corrected chi connectivity index (χ1v) is 7.09. The Morgan fingerprint density at radius 2 is 2.14 bits per heavy atom. The summed E-state index contributed by atoms with van der Waals surface area (Å²) in [5.74, 6) is -0.254. The number of halogens is 1. The van der Waals surface area contributed by atoms with Gasteiger partial charge in [0, 0.05) is 18.7 Å². The number of hydrogen-bond acceptors (Lipinski definition) is 5. The van der Waals surface area contributed by atoms with Crippen LogP contribution in [0.15, 0.2) is 41.9 Å². The zero-order valence-corrected chi connectivity index (χ0v) is 13.2. The van der Waals surface area contributed by atoms with Crippen LogP contribution >= 0.6 is 23.7 Å². The number of carbonyl (C=O) groups is 1. The van der Waals surface area contributed by atoms with E-state index in [1.54, 1.807) is 6.20 Å². The molecular weight excluding hydrogens is 310 g/mol. The van der Waals surface area contributed by atoms with Gasteiger partial charge < -0.3 is 15.8 Å². The molecule has 2 aromatic rings. The molecule has 0 saturated heterocycles. The van der Waals surface area contributed by atoms with Crippen LogP contribution in [0.5, 0.6) is 0 Å². The van der Waals surface area contributed by atoms with Gasteiger partial charge in [0.25, 0.3) is 0 Å². The van der Waals surface area contributed by atoms with Gasteiger partial charge in [-0.25, -0.2) is 4.98 Å². The molecule has 0 bridgehead atoms. The molecule has 21 heavy (non-hydrogen) atoms. The lowest BCUT2D eigenvalue weighted by molar-refractivity contribution is -0.123. The van der Waals surface area contributed by atoms with Crippen molar-refractivity contribution in [1.82, 2.24) is 10.3 Å². The van der Waals surface area contributed by atoms with Gasteiger partial charge in [-0.1, -0.05) is 30.3 Å². The number of aromatic nitrogens is 1. The number of hydrogen-bond donors (Lipinski definition) is 2. The maximum absolute atomic E-state index is 12.1. The number of nitrogens with one attached hydrogen (secondary N) is 1. The second kappa shape index (κ2) is 8.74. The molecule has 0 spiro atoms. The molecular formula is C14H18ClN3O2S. The first-order valence-electron chi connectivity index (χ1n) is 6.21. The van der Waals surface area contributed by atoms with Crippen molar-refractivity contribution in [2.75, 3.05) is 13.7 Å². The fourth-order valence-corrected chi connectivity index (χ4v) is 2.53. The molecule has 0 aliphatic heterocycles. The van der Waals surface area contributed by atoms with E-state index in [9.17, 15) is 4.79 Å². The second-order valence-corrected chi connectivity index (χ2v) is 5.21. The number of nitrogens with zero attached hydrogens (tertiary/aromatic N) is 1. The average molecular weight is 328 g/mol. The van der Waals surface area contributed by atoms with Gasteiger partial charge in [-0.3, -0.25) is 4.79 Å². The van der Waals surface area contributed by atoms with E-state index < -0.39 is 6.04 Å². The summed E-state index contributed by atoms with van der Waals surface area (Å²) in [5.41, 5.74) is 6.73. The van der Waals surface area contributed by atoms with Crippen LogP contribution in [0.25, 0.3) is 0 Å². The van der Waals surface area contributed by atoms with Crippen molar-refractivity contribution in [2.45, 2.75) is 12.1 Å². The molecule has 5 nitrogen and oxygen atoms in total. The molecule has 2 rings (SSSR count). The van der Waals surface area contributed by atoms with Crippen LogP contribution < -0.4 is 11.1 Å². The van der Waals surface area contributed by atoms with Crippen molar-refractivity contribution >= 4 is 29.7 Å². The average Bonchev–Trinajstić information content (AvgIpc) is 2.99.